The van der Waals surface area contributed by atoms with Crippen LogP contribution in [0.1, 0.15) is 44.3 Å². The van der Waals surface area contributed by atoms with Crippen molar-refractivity contribution >= 4 is 17.7 Å². The molecular weight excluding hydrogens is 330 g/mol. The molecule has 2 aromatic rings. The topological polar surface area (TPSA) is 72.5 Å². The first-order valence-electron chi connectivity index (χ1n) is 8.44. The number of hydrogen-bond acceptors (Lipinski definition) is 4. The van der Waals surface area contributed by atoms with Crippen LogP contribution in [-0.4, -0.2) is 30.3 Å². The van der Waals surface area contributed by atoms with Gasteiger partial charge in [0.25, 0.3) is 5.91 Å². The first-order chi connectivity index (χ1) is 12.3. The Morgan fingerprint density at radius 2 is 1.58 bits per heavy atom. The van der Waals surface area contributed by atoms with Crippen molar-refractivity contribution in [2.45, 2.75) is 33.8 Å². The normalized spacial score (nSPS) is 11.5. The highest BCUT2D eigenvalue weighted by molar-refractivity contribution is 6.02. The van der Waals surface area contributed by atoms with Gasteiger partial charge in [-0.15, -0.1) is 0 Å². The molecule has 0 saturated heterocycles. The number of nitrogens with one attached hydrogen (secondary N) is 1. The number of esters is 1. The van der Waals surface area contributed by atoms with Crippen molar-refractivity contribution in [2.24, 2.45) is 0 Å². The van der Waals surface area contributed by atoms with Gasteiger partial charge in [-0.2, -0.15) is 0 Å². The first-order valence-corrected chi connectivity index (χ1v) is 8.44. The number of benzene rings is 2. The molecule has 0 spiro atoms. The highest BCUT2D eigenvalue weighted by Crippen LogP contribution is 2.18. The maximum Gasteiger partial charge on any atom is 0.326 e. The van der Waals surface area contributed by atoms with Crippen molar-refractivity contribution in [2.75, 3.05) is 6.54 Å². The van der Waals surface area contributed by atoms with Gasteiger partial charge in [-0.05, 0) is 62.6 Å². The zero-order valence-electron chi connectivity index (χ0n) is 15.5. The van der Waals surface area contributed by atoms with E-state index in [1.807, 2.05) is 32.9 Å². The Labute approximate surface area is 153 Å². The van der Waals surface area contributed by atoms with Crippen LogP contribution in [0.15, 0.2) is 42.5 Å². The molecule has 0 fully saturated rings. The van der Waals surface area contributed by atoms with E-state index in [9.17, 15) is 14.4 Å². The van der Waals surface area contributed by atoms with Crippen molar-refractivity contribution in [3.8, 4) is 0 Å². The molecule has 0 radical (unpaired) electrons. The third-order valence-electron chi connectivity index (χ3n) is 4.21. The molecule has 26 heavy (non-hydrogen) atoms. The second kappa shape index (κ2) is 8.43. The number of carbonyl (C=O) groups excluding carboxylic acids is 3. The molecule has 0 saturated carbocycles. The number of ketones is 1. The number of carbonyl (C=O) groups is 3. The van der Waals surface area contributed by atoms with Crippen LogP contribution in [0.5, 0.6) is 0 Å². The summed E-state index contributed by atoms with van der Waals surface area (Å²) in [6.07, 6.45) is -0.920. The summed E-state index contributed by atoms with van der Waals surface area (Å²) in [7, 11) is 0. The largest absolute Gasteiger partial charge is 0.453 e. The first kappa shape index (κ1) is 19.4. The Morgan fingerprint density at radius 1 is 0.962 bits per heavy atom. The smallest absolute Gasteiger partial charge is 0.326 e. The highest BCUT2D eigenvalue weighted by atomic mass is 16.5. The fourth-order valence-electron chi connectivity index (χ4n) is 2.58. The molecule has 2 rings (SSSR count). The van der Waals surface area contributed by atoms with Crippen LogP contribution < -0.4 is 5.32 Å². The molecule has 5 nitrogen and oxygen atoms in total. The minimum Gasteiger partial charge on any atom is -0.453 e. The SMILES string of the molecule is Cc1cc(C)c(C(=O)[C@H](C)OC(=O)CNC(=O)c2ccccc2)cc1C. The maximum atomic E-state index is 12.6. The lowest BCUT2D eigenvalue weighted by Gasteiger charge is -2.15. The molecule has 1 amide bonds. The molecule has 0 aromatic heterocycles. The van der Waals surface area contributed by atoms with Gasteiger partial charge in [0.05, 0.1) is 0 Å². The number of rotatable bonds is 6. The van der Waals surface area contributed by atoms with Crippen molar-refractivity contribution < 1.29 is 19.1 Å². The fourth-order valence-corrected chi connectivity index (χ4v) is 2.58. The van der Waals surface area contributed by atoms with Crippen molar-refractivity contribution in [1.82, 2.24) is 5.32 Å². The zero-order chi connectivity index (χ0) is 19.3. The summed E-state index contributed by atoms with van der Waals surface area (Å²) in [4.78, 5) is 36.4. The van der Waals surface area contributed by atoms with Gasteiger partial charge in [0.2, 0.25) is 5.78 Å². The van der Waals surface area contributed by atoms with Crippen LogP contribution in [0, 0.1) is 20.8 Å². The summed E-state index contributed by atoms with van der Waals surface area (Å²) < 4.78 is 5.17. The van der Waals surface area contributed by atoms with Crippen molar-refractivity contribution in [3.05, 3.63) is 70.3 Å². The van der Waals surface area contributed by atoms with Crippen LogP contribution in [0.2, 0.25) is 0 Å². The number of amides is 1. The molecule has 1 atom stereocenters. The van der Waals surface area contributed by atoms with Crippen molar-refractivity contribution in [3.63, 3.8) is 0 Å². The number of Topliss-reactive ketones (excluding diaryl/α,β-unsaturated/α-hetero) is 1. The van der Waals surface area contributed by atoms with E-state index in [1.54, 1.807) is 30.3 Å². The van der Waals surface area contributed by atoms with E-state index in [0.717, 1.165) is 16.7 Å². The summed E-state index contributed by atoms with van der Waals surface area (Å²) in [5.74, 6) is -1.28. The van der Waals surface area contributed by atoms with Crippen LogP contribution >= 0.6 is 0 Å². The Balaban J connectivity index is 1.93. The summed E-state index contributed by atoms with van der Waals surface area (Å²) in [5.41, 5.74) is 3.95. The minimum atomic E-state index is -0.920. The lowest BCUT2D eigenvalue weighted by Crippen LogP contribution is -2.34. The maximum absolute atomic E-state index is 12.6. The highest BCUT2D eigenvalue weighted by Gasteiger charge is 2.22. The van der Waals surface area contributed by atoms with Crippen LogP contribution in [-0.2, 0) is 9.53 Å². The molecular formula is C21H23NO4. The quantitative estimate of drug-likeness (QED) is 0.640. The lowest BCUT2D eigenvalue weighted by atomic mass is 9.96. The van der Waals surface area contributed by atoms with Gasteiger partial charge in [0, 0.05) is 11.1 Å². The Kier molecular flexibility index (Phi) is 6.28. The lowest BCUT2D eigenvalue weighted by molar-refractivity contribution is -0.145. The average Bonchev–Trinajstić information content (AvgIpc) is 2.62. The molecule has 5 heteroatoms. The summed E-state index contributed by atoms with van der Waals surface area (Å²) in [5, 5.41) is 2.49. The predicted molar refractivity (Wildman–Crippen MR) is 99.3 cm³/mol. The zero-order valence-corrected chi connectivity index (χ0v) is 15.5. The molecule has 0 aliphatic heterocycles. The van der Waals surface area contributed by atoms with Gasteiger partial charge in [0.15, 0.2) is 6.10 Å². The monoisotopic (exact) mass is 353 g/mol. The van der Waals surface area contributed by atoms with E-state index in [1.165, 1.54) is 6.92 Å². The van der Waals surface area contributed by atoms with E-state index < -0.39 is 12.1 Å². The second-order valence-electron chi connectivity index (χ2n) is 6.30. The molecule has 1 N–H and O–H groups in total. The van der Waals surface area contributed by atoms with Gasteiger partial charge < -0.3 is 10.1 Å². The van der Waals surface area contributed by atoms with E-state index in [-0.39, 0.29) is 18.2 Å². The van der Waals surface area contributed by atoms with Gasteiger partial charge >= 0.3 is 5.97 Å². The molecule has 0 aliphatic carbocycles. The van der Waals surface area contributed by atoms with Crippen LogP contribution in [0.4, 0.5) is 0 Å². The van der Waals surface area contributed by atoms with E-state index in [0.29, 0.717) is 11.1 Å². The minimum absolute atomic E-state index is 0.256. The standard InChI is InChI=1S/C21H23NO4/c1-13-10-15(3)18(11-14(13)2)20(24)16(4)26-19(23)12-22-21(25)17-8-6-5-7-9-17/h5-11,16H,12H2,1-4H3,(H,22,25)/t16-/m0/s1. The molecule has 0 aliphatic rings. The average molecular weight is 353 g/mol. The van der Waals surface area contributed by atoms with Gasteiger partial charge in [0.1, 0.15) is 6.54 Å². The Bertz CT molecular complexity index is 827. The van der Waals surface area contributed by atoms with E-state index in [4.69, 9.17) is 4.74 Å². The third kappa shape index (κ3) is 4.79. The molecule has 0 unspecified atom stereocenters. The van der Waals surface area contributed by atoms with Gasteiger partial charge in [-0.1, -0.05) is 24.3 Å². The van der Waals surface area contributed by atoms with Crippen LogP contribution in [0.3, 0.4) is 0 Å². The number of aryl methyl sites for hydroxylation is 3. The summed E-state index contributed by atoms with van der Waals surface area (Å²) >= 11 is 0. The number of hydrogen-bond donors (Lipinski definition) is 1. The third-order valence-corrected chi connectivity index (χ3v) is 4.21. The fraction of sp³-hybridized carbons (Fsp3) is 0.286. The van der Waals surface area contributed by atoms with E-state index >= 15 is 0 Å². The van der Waals surface area contributed by atoms with Crippen LogP contribution in [0.25, 0.3) is 0 Å². The molecule has 2 aromatic carbocycles. The Morgan fingerprint density at radius 3 is 2.23 bits per heavy atom. The van der Waals surface area contributed by atoms with E-state index in [2.05, 4.69) is 5.32 Å². The second-order valence-corrected chi connectivity index (χ2v) is 6.30. The molecule has 0 bridgehead atoms. The summed E-state index contributed by atoms with van der Waals surface area (Å²) in [6.45, 7) is 7.01. The van der Waals surface area contributed by atoms with Crippen molar-refractivity contribution in [1.29, 1.82) is 0 Å². The predicted octanol–water partition coefficient (Wildman–Crippen LogP) is 3.16. The summed E-state index contributed by atoms with van der Waals surface area (Å²) in [6, 6.07) is 12.3. The van der Waals surface area contributed by atoms with Gasteiger partial charge in [-0.25, -0.2) is 0 Å². The number of ether oxygens (including phenoxy) is 1. The van der Waals surface area contributed by atoms with Gasteiger partial charge in [-0.3, -0.25) is 14.4 Å². The Hall–Kier alpha value is -2.95. The molecule has 0 heterocycles. The molecule has 136 valence electrons.